The van der Waals surface area contributed by atoms with Crippen LogP contribution < -0.4 is 0 Å². The van der Waals surface area contributed by atoms with Gasteiger partial charge >= 0.3 is 0 Å². The Morgan fingerprint density at radius 2 is 2.17 bits per heavy atom. The van der Waals surface area contributed by atoms with Crippen LogP contribution in [-0.4, -0.2) is 10.9 Å². The van der Waals surface area contributed by atoms with Crippen LogP contribution in [0.2, 0.25) is 5.02 Å². The zero-order chi connectivity index (χ0) is 13.0. The molecule has 96 valence electrons. The first-order valence-corrected chi connectivity index (χ1v) is 7.42. The highest BCUT2D eigenvalue weighted by Crippen LogP contribution is 2.24. The molecule has 1 nitrogen and oxygen atoms in total. The number of hydrogen-bond acceptors (Lipinski definition) is 2. The number of rotatable bonds is 5. The van der Waals surface area contributed by atoms with Gasteiger partial charge in [0.25, 0.3) is 0 Å². The summed E-state index contributed by atoms with van der Waals surface area (Å²) in [6, 6.07) is 4.72. The second kappa shape index (κ2) is 6.50. The van der Waals surface area contributed by atoms with Gasteiger partial charge in [-0.15, -0.1) is 22.9 Å². The molecule has 1 heterocycles. The average Bonchev–Trinajstić information content (AvgIpc) is 2.79. The van der Waals surface area contributed by atoms with Gasteiger partial charge in [-0.05, 0) is 25.0 Å². The lowest BCUT2D eigenvalue weighted by molar-refractivity contribution is 0.614. The van der Waals surface area contributed by atoms with Crippen molar-refractivity contribution in [2.24, 2.45) is 0 Å². The van der Waals surface area contributed by atoms with Gasteiger partial charge in [0, 0.05) is 28.3 Å². The van der Waals surface area contributed by atoms with E-state index < -0.39 is 0 Å². The highest BCUT2D eigenvalue weighted by molar-refractivity contribution is 7.09. The van der Waals surface area contributed by atoms with E-state index in [-0.39, 0.29) is 5.82 Å². The summed E-state index contributed by atoms with van der Waals surface area (Å²) in [5.74, 6) is 0.353. The summed E-state index contributed by atoms with van der Waals surface area (Å²) in [7, 11) is 0. The monoisotopic (exact) mass is 303 g/mol. The van der Waals surface area contributed by atoms with Crippen molar-refractivity contribution in [2.45, 2.75) is 19.3 Å². The largest absolute Gasteiger partial charge is 0.246 e. The van der Waals surface area contributed by atoms with Crippen LogP contribution in [0.3, 0.4) is 0 Å². The summed E-state index contributed by atoms with van der Waals surface area (Å²) in [4.78, 5) is 4.46. The summed E-state index contributed by atoms with van der Waals surface area (Å²) < 4.78 is 13.6. The summed E-state index contributed by atoms with van der Waals surface area (Å²) in [5.41, 5.74) is 1.53. The molecule has 18 heavy (non-hydrogen) atoms. The number of halogens is 3. The summed E-state index contributed by atoms with van der Waals surface area (Å²) in [6.07, 6.45) is 2.22. The first kappa shape index (κ1) is 13.8. The van der Waals surface area contributed by atoms with Gasteiger partial charge in [0.15, 0.2) is 0 Å². The molecule has 0 saturated heterocycles. The normalized spacial score (nSPS) is 10.8. The molecule has 0 bridgehead atoms. The fourth-order valence-corrected chi connectivity index (χ4v) is 2.85. The lowest BCUT2D eigenvalue weighted by Gasteiger charge is -2.03. The predicted octanol–water partition coefficient (Wildman–Crippen LogP) is 4.70. The molecule has 1 aromatic heterocycles. The van der Waals surface area contributed by atoms with E-state index in [4.69, 9.17) is 23.2 Å². The van der Waals surface area contributed by atoms with Gasteiger partial charge in [0.2, 0.25) is 0 Å². The Kier molecular flexibility index (Phi) is 4.98. The summed E-state index contributed by atoms with van der Waals surface area (Å²) in [5, 5.41) is 3.33. The van der Waals surface area contributed by atoms with Crippen molar-refractivity contribution in [2.75, 3.05) is 5.88 Å². The van der Waals surface area contributed by atoms with Gasteiger partial charge in [0.1, 0.15) is 5.82 Å². The standard InChI is InChI=1S/C13H12Cl2FNS/c14-6-2-3-9-8-18-13(17-9)7-10-11(15)4-1-5-12(10)16/h1,4-5,8H,2-3,6-7H2. The first-order valence-electron chi connectivity index (χ1n) is 5.63. The molecule has 0 saturated carbocycles. The lowest BCUT2D eigenvalue weighted by atomic mass is 10.1. The number of thiazole rings is 1. The molecule has 0 unspecified atom stereocenters. The van der Waals surface area contributed by atoms with E-state index in [0.717, 1.165) is 23.5 Å². The second-order valence-electron chi connectivity index (χ2n) is 3.90. The Labute approximate surface area is 120 Å². The molecule has 0 fully saturated rings. The summed E-state index contributed by atoms with van der Waals surface area (Å²) >= 11 is 13.2. The Balaban J connectivity index is 2.11. The molecule has 0 radical (unpaired) electrons. The van der Waals surface area contributed by atoms with Crippen LogP contribution in [0.15, 0.2) is 23.6 Å². The van der Waals surface area contributed by atoms with Crippen molar-refractivity contribution in [3.63, 3.8) is 0 Å². The number of alkyl halides is 1. The number of benzene rings is 1. The van der Waals surface area contributed by atoms with Crippen LogP contribution in [0.25, 0.3) is 0 Å². The van der Waals surface area contributed by atoms with Crippen LogP contribution >= 0.6 is 34.5 Å². The Hall–Kier alpha value is -0.640. The fraction of sp³-hybridized carbons (Fsp3) is 0.308. The minimum Gasteiger partial charge on any atom is -0.246 e. The van der Waals surface area contributed by atoms with Gasteiger partial charge < -0.3 is 0 Å². The van der Waals surface area contributed by atoms with E-state index in [1.165, 1.54) is 17.4 Å². The highest BCUT2D eigenvalue weighted by atomic mass is 35.5. The molecule has 5 heteroatoms. The van der Waals surface area contributed by atoms with Crippen LogP contribution in [0, 0.1) is 5.82 Å². The zero-order valence-corrected chi connectivity index (χ0v) is 12.0. The van der Waals surface area contributed by atoms with E-state index in [1.807, 2.05) is 5.38 Å². The molecule has 0 aliphatic carbocycles. The third-order valence-corrected chi connectivity index (χ3v) is 4.07. The van der Waals surface area contributed by atoms with Gasteiger partial charge in [-0.1, -0.05) is 17.7 Å². The minimum absolute atomic E-state index is 0.278. The smallest absolute Gasteiger partial charge is 0.128 e. The number of aromatic nitrogens is 1. The Bertz CT molecular complexity index is 507. The van der Waals surface area contributed by atoms with Gasteiger partial charge in [-0.25, -0.2) is 9.37 Å². The first-order chi connectivity index (χ1) is 8.70. The maximum Gasteiger partial charge on any atom is 0.128 e. The SMILES string of the molecule is Fc1cccc(Cl)c1Cc1nc(CCCCl)cs1. The molecule has 0 N–H and O–H groups in total. The second-order valence-corrected chi connectivity index (χ2v) is 5.63. The maximum atomic E-state index is 13.6. The predicted molar refractivity (Wildman–Crippen MR) is 75.4 cm³/mol. The van der Waals surface area contributed by atoms with E-state index in [9.17, 15) is 4.39 Å². The summed E-state index contributed by atoms with van der Waals surface area (Å²) in [6.45, 7) is 0. The van der Waals surface area contributed by atoms with Crippen molar-refractivity contribution >= 4 is 34.5 Å². The van der Waals surface area contributed by atoms with Gasteiger partial charge in [-0.3, -0.25) is 0 Å². The molecule has 2 rings (SSSR count). The molecule has 0 amide bonds. The number of nitrogens with zero attached hydrogens (tertiary/aromatic N) is 1. The van der Waals surface area contributed by atoms with E-state index in [2.05, 4.69) is 4.98 Å². The molecule has 2 aromatic rings. The van der Waals surface area contributed by atoms with Crippen molar-refractivity contribution in [3.05, 3.63) is 50.7 Å². The van der Waals surface area contributed by atoms with E-state index in [1.54, 1.807) is 12.1 Å². The molecule has 0 spiro atoms. The maximum absolute atomic E-state index is 13.6. The Morgan fingerprint density at radius 1 is 1.33 bits per heavy atom. The quantitative estimate of drug-likeness (QED) is 0.730. The molecular weight excluding hydrogens is 292 g/mol. The molecule has 0 atom stereocenters. The van der Waals surface area contributed by atoms with Crippen molar-refractivity contribution in [3.8, 4) is 0 Å². The molecule has 0 aliphatic rings. The molecular formula is C13H12Cl2FNS. The number of aryl methyl sites for hydroxylation is 1. The van der Waals surface area contributed by atoms with Gasteiger partial charge in [-0.2, -0.15) is 0 Å². The lowest BCUT2D eigenvalue weighted by Crippen LogP contribution is -1.94. The van der Waals surface area contributed by atoms with Crippen molar-refractivity contribution < 1.29 is 4.39 Å². The van der Waals surface area contributed by atoms with Crippen LogP contribution in [0.5, 0.6) is 0 Å². The van der Waals surface area contributed by atoms with Crippen LogP contribution in [-0.2, 0) is 12.8 Å². The van der Waals surface area contributed by atoms with Gasteiger partial charge in [0.05, 0.1) is 10.7 Å². The van der Waals surface area contributed by atoms with Crippen LogP contribution in [0.1, 0.15) is 22.7 Å². The third-order valence-electron chi connectivity index (χ3n) is 2.56. The van der Waals surface area contributed by atoms with E-state index >= 15 is 0 Å². The fourth-order valence-electron chi connectivity index (χ4n) is 1.65. The van der Waals surface area contributed by atoms with Crippen LogP contribution in [0.4, 0.5) is 4.39 Å². The minimum atomic E-state index is -0.278. The van der Waals surface area contributed by atoms with Crippen molar-refractivity contribution in [1.29, 1.82) is 0 Å². The Morgan fingerprint density at radius 3 is 2.89 bits per heavy atom. The average molecular weight is 304 g/mol. The third kappa shape index (κ3) is 3.44. The zero-order valence-electron chi connectivity index (χ0n) is 9.63. The molecule has 0 aliphatic heterocycles. The number of hydrogen-bond donors (Lipinski definition) is 0. The van der Waals surface area contributed by atoms with E-state index in [0.29, 0.717) is 22.9 Å². The molecule has 1 aromatic carbocycles. The van der Waals surface area contributed by atoms with Crippen molar-refractivity contribution in [1.82, 2.24) is 4.98 Å². The topological polar surface area (TPSA) is 12.9 Å². The highest BCUT2D eigenvalue weighted by Gasteiger charge is 2.10.